The van der Waals surface area contributed by atoms with Crippen LogP contribution in [0.4, 0.5) is 4.39 Å². The second kappa shape index (κ2) is 5.65. The Balaban J connectivity index is 1.93. The summed E-state index contributed by atoms with van der Waals surface area (Å²) in [5.41, 5.74) is 2.26. The predicted molar refractivity (Wildman–Crippen MR) is 83.2 cm³/mol. The fourth-order valence-electron chi connectivity index (χ4n) is 3.24. The maximum absolute atomic E-state index is 14.1. The van der Waals surface area contributed by atoms with Gasteiger partial charge in [-0.15, -0.1) is 11.8 Å². The highest BCUT2D eigenvalue weighted by molar-refractivity contribution is 7.98. The van der Waals surface area contributed by atoms with E-state index < -0.39 is 5.97 Å². The zero-order valence-corrected chi connectivity index (χ0v) is 13.1. The molecule has 4 rings (SSSR count). The van der Waals surface area contributed by atoms with Crippen molar-refractivity contribution in [1.82, 2.24) is 9.78 Å². The van der Waals surface area contributed by atoms with Crippen LogP contribution in [0, 0.1) is 5.82 Å². The number of aromatic nitrogens is 2. The lowest BCUT2D eigenvalue weighted by Gasteiger charge is -2.26. The first-order valence-electron chi connectivity index (χ1n) is 7.51. The molecule has 0 amide bonds. The molecule has 0 aliphatic carbocycles. The fourth-order valence-corrected chi connectivity index (χ4v) is 4.33. The van der Waals surface area contributed by atoms with Gasteiger partial charge in [0.2, 0.25) is 0 Å². The number of rotatable bonds is 2. The molecule has 0 radical (unpaired) electrons. The van der Waals surface area contributed by atoms with E-state index in [9.17, 15) is 14.3 Å². The van der Waals surface area contributed by atoms with Crippen LogP contribution in [0.1, 0.15) is 34.9 Å². The topological polar surface area (TPSA) is 64.3 Å². The van der Waals surface area contributed by atoms with Gasteiger partial charge >= 0.3 is 5.97 Å². The van der Waals surface area contributed by atoms with Gasteiger partial charge < -0.3 is 9.84 Å². The van der Waals surface area contributed by atoms with Gasteiger partial charge in [-0.3, -0.25) is 4.68 Å². The van der Waals surface area contributed by atoms with Crippen molar-refractivity contribution < 1.29 is 19.0 Å². The van der Waals surface area contributed by atoms with Crippen LogP contribution in [-0.2, 0) is 10.5 Å². The van der Waals surface area contributed by atoms with Crippen molar-refractivity contribution in [2.45, 2.75) is 29.5 Å². The van der Waals surface area contributed by atoms with Crippen molar-refractivity contribution in [2.75, 3.05) is 13.2 Å². The summed E-state index contributed by atoms with van der Waals surface area (Å²) in [6, 6.07) is 5.02. The third kappa shape index (κ3) is 2.35. The second-order valence-electron chi connectivity index (χ2n) is 5.67. The molecule has 3 heterocycles. The number of nitrogens with zero attached hydrogens (tertiary/aromatic N) is 2. The molecule has 1 N–H and O–H groups in total. The highest BCUT2D eigenvalue weighted by atomic mass is 32.2. The van der Waals surface area contributed by atoms with Crippen LogP contribution in [0.15, 0.2) is 23.1 Å². The van der Waals surface area contributed by atoms with Crippen molar-refractivity contribution in [2.24, 2.45) is 0 Å². The van der Waals surface area contributed by atoms with Crippen molar-refractivity contribution in [1.29, 1.82) is 0 Å². The number of hydrogen-bond acceptors (Lipinski definition) is 4. The SMILES string of the molecule is O=C(O)c1nn(C2CCOCC2)c2c1CSc1c(F)cccc1-2. The number of carboxylic acid groups (broad SMARTS) is 1. The summed E-state index contributed by atoms with van der Waals surface area (Å²) in [6.45, 7) is 1.26. The Morgan fingerprint density at radius 2 is 2.17 bits per heavy atom. The quantitative estimate of drug-likeness (QED) is 0.912. The van der Waals surface area contributed by atoms with Gasteiger partial charge in [-0.25, -0.2) is 9.18 Å². The Labute approximate surface area is 136 Å². The summed E-state index contributed by atoms with van der Waals surface area (Å²) in [7, 11) is 0. The molecule has 1 saturated heterocycles. The number of aromatic carboxylic acids is 1. The molecule has 1 aromatic carbocycles. The Kier molecular flexibility index (Phi) is 3.61. The molecule has 2 aliphatic heterocycles. The lowest BCUT2D eigenvalue weighted by molar-refractivity contribution is 0.0648. The lowest BCUT2D eigenvalue weighted by Crippen LogP contribution is -2.21. The van der Waals surface area contributed by atoms with E-state index in [-0.39, 0.29) is 17.6 Å². The molecule has 1 fully saturated rings. The molecular weight excluding hydrogens is 319 g/mol. The van der Waals surface area contributed by atoms with Crippen LogP contribution in [0.5, 0.6) is 0 Å². The summed E-state index contributed by atoms with van der Waals surface area (Å²) in [4.78, 5) is 12.1. The van der Waals surface area contributed by atoms with E-state index >= 15 is 0 Å². The van der Waals surface area contributed by atoms with Gasteiger partial charge in [0.15, 0.2) is 5.69 Å². The van der Waals surface area contributed by atoms with Gasteiger partial charge in [-0.05, 0) is 18.9 Å². The predicted octanol–water partition coefficient (Wildman–Crippen LogP) is 3.34. The zero-order chi connectivity index (χ0) is 16.0. The van der Waals surface area contributed by atoms with Crippen molar-refractivity contribution in [3.63, 3.8) is 0 Å². The molecule has 0 bridgehead atoms. The van der Waals surface area contributed by atoms with Crippen molar-refractivity contribution in [3.05, 3.63) is 35.3 Å². The number of carboxylic acids is 1. The molecule has 23 heavy (non-hydrogen) atoms. The number of benzene rings is 1. The minimum atomic E-state index is -1.03. The standard InChI is InChI=1S/C16H15FN2O3S/c17-12-3-1-2-10-14-11(8-23-15(10)12)13(16(20)21)18-19(14)9-4-6-22-7-5-9/h1-3,9H,4-8H2,(H,20,21). The van der Waals surface area contributed by atoms with E-state index in [2.05, 4.69) is 5.10 Å². The van der Waals surface area contributed by atoms with Crippen LogP contribution in [-0.4, -0.2) is 34.1 Å². The summed E-state index contributed by atoms with van der Waals surface area (Å²) in [6.07, 6.45) is 1.57. The molecule has 0 unspecified atom stereocenters. The molecule has 2 aliphatic rings. The molecule has 1 aromatic heterocycles. The van der Waals surface area contributed by atoms with Gasteiger partial charge in [-0.2, -0.15) is 5.10 Å². The van der Waals surface area contributed by atoms with E-state index in [1.54, 1.807) is 10.7 Å². The number of fused-ring (bicyclic) bond motifs is 3. The minimum Gasteiger partial charge on any atom is -0.476 e. The molecule has 7 heteroatoms. The first kappa shape index (κ1) is 14.7. The molecule has 2 aromatic rings. The molecular formula is C16H15FN2O3S. The third-order valence-electron chi connectivity index (χ3n) is 4.33. The van der Waals surface area contributed by atoms with Crippen molar-refractivity contribution in [3.8, 4) is 11.3 Å². The Morgan fingerprint density at radius 3 is 2.91 bits per heavy atom. The Hall–Kier alpha value is -1.86. The van der Waals surface area contributed by atoms with Gasteiger partial charge in [0.1, 0.15) is 5.82 Å². The lowest BCUT2D eigenvalue weighted by atomic mass is 10.0. The largest absolute Gasteiger partial charge is 0.476 e. The number of hydrogen-bond donors (Lipinski definition) is 1. The molecule has 5 nitrogen and oxygen atoms in total. The monoisotopic (exact) mass is 334 g/mol. The van der Waals surface area contributed by atoms with Gasteiger partial charge in [-0.1, -0.05) is 12.1 Å². The van der Waals surface area contributed by atoms with E-state index in [0.717, 1.165) is 24.1 Å². The average molecular weight is 334 g/mol. The summed E-state index contributed by atoms with van der Waals surface area (Å²) in [5, 5.41) is 13.8. The van der Waals surface area contributed by atoms with Crippen LogP contribution >= 0.6 is 11.8 Å². The molecule has 0 saturated carbocycles. The smallest absolute Gasteiger partial charge is 0.356 e. The summed E-state index contributed by atoms with van der Waals surface area (Å²) >= 11 is 1.33. The normalized spacial score (nSPS) is 17.6. The average Bonchev–Trinajstić information content (AvgIpc) is 2.96. The Morgan fingerprint density at radius 1 is 1.39 bits per heavy atom. The fraction of sp³-hybridized carbons (Fsp3) is 0.375. The van der Waals surface area contributed by atoms with Gasteiger partial charge in [0.05, 0.1) is 16.6 Å². The van der Waals surface area contributed by atoms with Gasteiger partial charge in [0.25, 0.3) is 0 Å². The van der Waals surface area contributed by atoms with E-state index in [1.165, 1.54) is 17.8 Å². The highest BCUT2D eigenvalue weighted by Gasteiger charge is 2.32. The molecule has 0 spiro atoms. The molecule has 120 valence electrons. The molecule has 0 atom stereocenters. The summed E-state index contributed by atoms with van der Waals surface area (Å²) in [5.74, 6) is -0.879. The van der Waals surface area contributed by atoms with Crippen LogP contribution in [0.25, 0.3) is 11.3 Å². The summed E-state index contributed by atoms with van der Waals surface area (Å²) < 4.78 is 21.3. The maximum atomic E-state index is 14.1. The number of halogens is 1. The third-order valence-corrected chi connectivity index (χ3v) is 5.47. The zero-order valence-electron chi connectivity index (χ0n) is 12.3. The maximum Gasteiger partial charge on any atom is 0.356 e. The van der Waals surface area contributed by atoms with Crippen molar-refractivity contribution >= 4 is 17.7 Å². The van der Waals surface area contributed by atoms with Crippen LogP contribution < -0.4 is 0 Å². The van der Waals surface area contributed by atoms with Crippen LogP contribution in [0.2, 0.25) is 0 Å². The van der Waals surface area contributed by atoms with E-state index in [1.807, 2.05) is 6.07 Å². The minimum absolute atomic E-state index is 0.0777. The second-order valence-corrected chi connectivity index (χ2v) is 6.66. The number of carbonyl (C=O) groups is 1. The van der Waals surface area contributed by atoms with E-state index in [0.29, 0.717) is 29.4 Å². The van der Waals surface area contributed by atoms with E-state index in [4.69, 9.17) is 4.74 Å². The first-order chi connectivity index (χ1) is 11.2. The first-order valence-corrected chi connectivity index (χ1v) is 8.49. The number of thioether (sulfide) groups is 1. The van der Waals surface area contributed by atoms with Crippen LogP contribution in [0.3, 0.4) is 0 Å². The Bertz CT molecular complexity index is 784. The highest BCUT2D eigenvalue weighted by Crippen LogP contribution is 2.45. The number of ether oxygens (including phenoxy) is 1. The van der Waals surface area contributed by atoms with Gasteiger partial charge in [0, 0.05) is 30.1 Å².